The van der Waals surface area contributed by atoms with E-state index in [1.807, 2.05) is 0 Å². The second-order valence-electron chi connectivity index (χ2n) is 4.30. The third-order valence-corrected chi connectivity index (χ3v) is 3.67. The number of carbonyl (C=O) groups excluding carboxylic acids is 1. The first-order valence-corrected chi connectivity index (χ1v) is 7.21. The van der Waals surface area contributed by atoms with E-state index in [0.29, 0.717) is 23.9 Å². The molecule has 106 valence electrons. The van der Waals surface area contributed by atoms with Crippen molar-refractivity contribution >= 4 is 17.7 Å². The Labute approximate surface area is 120 Å². The lowest BCUT2D eigenvalue weighted by Crippen LogP contribution is -2.28. The minimum Gasteiger partial charge on any atom is -0.338 e. The normalized spacial score (nSPS) is 10.5. The molecule has 0 bridgehead atoms. The molecule has 0 saturated heterocycles. The van der Waals surface area contributed by atoms with Gasteiger partial charge in [0.25, 0.3) is 0 Å². The Balaban J connectivity index is 1.73. The number of hydrogen-bond donors (Lipinski definition) is 1. The van der Waals surface area contributed by atoms with E-state index in [0.717, 1.165) is 5.56 Å². The molecule has 2 aromatic rings. The van der Waals surface area contributed by atoms with Crippen LogP contribution in [0.15, 0.2) is 30.6 Å². The highest BCUT2D eigenvalue weighted by atomic mass is 32.2. The molecule has 1 aromatic heterocycles. The van der Waals surface area contributed by atoms with Crippen molar-refractivity contribution in [3.8, 4) is 0 Å². The molecule has 1 heterocycles. The number of nitrogens with zero attached hydrogens (tertiary/aromatic N) is 3. The van der Waals surface area contributed by atoms with Gasteiger partial charge in [-0.3, -0.25) is 9.89 Å². The van der Waals surface area contributed by atoms with Gasteiger partial charge in [0, 0.05) is 12.8 Å². The van der Waals surface area contributed by atoms with Crippen LogP contribution in [0.1, 0.15) is 11.4 Å². The Morgan fingerprint density at radius 2 is 2.15 bits per heavy atom. The van der Waals surface area contributed by atoms with Crippen LogP contribution in [0.3, 0.4) is 0 Å². The topological polar surface area (TPSA) is 61.9 Å². The summed E-state index contributed by atoms with van der Waals surface area (Å²) in [6, 6.07) is 6.30. The fraction of sp³-hybridized carbons (Fsp3) is 0.308. The van der Waals surface area contributed by atoms with Crippen molar-refractivity contribution in [3.63, 3.8) is 0 Å². The Kier molecular flexibility index (Phi) is 5.11. The van der Waals surface area contributed by atoms with Gasteiger partial charge in [-0.2, -0.15) is 5.10 Å². The van der Waals surface area contributed by atoms with Crippen molar-refractivity contribution < 1.29 is 9.18 Å². The summed E-state index contributed by atoms with van der Waals surface area (Å²) in [5, 5.41) is 6.45. The first kappa shape index (κ1) is 14.5. The van der Waals surface area contributed by atoms with E-state index < -0.39 is 0 Å². The predicted octanol–water partition coefficient (Wildman–Crippen LogP) is 1.84. The van der Waals surface area contributed by atoms with Gasteiger partial charge in [-0.1, -0.05) is 12.1 Å². The molecule has 0 atom stereocenters. The van der Waals surface area contributed by atoms with Gasteiger partial charge < -0.3 is 4.90 Å². The van der Waals surface area contributed by atoms with Gasteiger partial charge in [0.05, 0.1) is 12.3 Å². The number of hydrogen-bond acceptors (Lipinski definition) is 4. The Bertz CT molecular complexity index is 544. The molecule has 20 heavy (non-hydrogen) atoms. The van der Waals surface area contributed by atoms with Crippen molar-refractivity contribution in [2.45, 2.75) is 12.3 Å². The van der Waals surface area contributed by atoms with Crippen LogP contribution >= 0.6 is 11.8 Å². The maximum Gasteiger partial charge on any atom is 0.232 e. The fourth-order valence-electron chi connectivity index (χ4n) is 1.57. The second-order valence-corrected chi connectivity index (χ2v) is 5.29. The molecule has 2 rings (SSSR count). The number of aromatic amines is 1. The maximum absolute atomic E-state index is 12.7. The average Bonchev–Trinajstić information content (AvgIpc) is 2.93. The molecule has 1 N–H and O–H groups in total. The third kappa shape index (κ3) is 4.34. The molecular weight excluding hydrogens is 279 g/mol. The Morgan fingerprint density at radius 1 is 1.40 bits per heavy atom. The van der Waals surface area contributed by atoms with Gasteiger partial charge in [-0.25, -0.2) is 9.37 Å². The zero-order valence-corrected chi connectivity index (χ0v) is 11.9. The highest BCUT2D eigenvalue weighted by Crippen LogP contribution is 2.13. The molecule has 0 spiro atoms. The molecule has 1 amide bonds. The van der Waals surface area contributed by atoms with Crippen molar-refractivity contribution in [2.75, 3.05) is 12.8 Å². The molecule has 0 unspecified atom stereocenters. The average molecular weight is 294 g/mol. The Hall–Kier alpha value is -1.89. The third-order valence-electron chi connectivity index (χ3n) is 2.69. The largest absolute Gasteiger partial charge is 0.338 e. The molecule has 1 aromatic carbocycles. The van der Waals surface area contributed by atoms with Crippen LogP contribution in [-0.4, -0.2) is 38.8 Å². The fourth-order valence-corrected chi connectivity index (χ4v) is 2.49. The number of benzene rings is 1. The monoisotopic (exact) mass is 294 g/mol. The van der Waals surface area contributed by atoms with E-state index in [-0.39, 0.29) is 11.7 Å². The smallest absolute Gasteiger partial charge is 0.232 e. The van der Waals surface area contributed by atoms with Crippen molar-refractivity contribution in [1.82, 2.24) is 20.1 Å². The summed E-state index contributed by atoms with van der Waals surface area (Å²) in [6.07, 6.45) is 1.41. The first-order valence-electron chi connectivity index (χ1n) is 6.05. The first-order chi connectivity index (χ1) is 9.65. The zero-order chi connectivity index (χ0) is 14.4. The number of halogens is 1. The summed E-state index contributed by atoms with van der Waals surface area (Å²) in [7, 11) is 1.73. The van der Waals surface area contributed by atoms with Crippen LogP contribution in [0.5, 0.6) is 0 Å². The molecule has 0 aliphatic heterocycles. The van der Waals surface area contributed by atoms with Crippen molar-refractivity contribution in [3.05, 3.63) is 47.8 Å². The number of thioether (sulfide) groups is 1. The summed E-state index contributed by atoms with van der Waals surface area (Å²) >= 11 is 1.50. The van der Waals surface area contributed by atoms with E-state index in [1.54, 1.807) is 24.1 Å². The van der Waals surface area contributed by atoms with Crippen LogP contribution in [0, 0.1) is 5.82 Å². The zero-order valence-electron chi connectivity index (χ0n) is 11.0. The molecular formula is C13H15FN4OS. The second kappa shape index (κ2) is 7.04. The lowest BCUT2D eigenvalue weighted by Gasteiger charge is -2.15. The van der Waals surface area contributed by atoms with Crippen molar-refractivity contribution in [1.29, 1.82) is 0 Å². The van der Waals surface area contributed by atoms with E-state index in [4.69, 9.17) is 0 Å². The van der Waals surface area contributed by atoms with Crippen LogP contribution in [-0.2, 0) is 17.1 Å². The van der Waals surface area contributed by atoms with Gasteiger partial charge in [-0.05, 0) is 17.7 Å². The number of carbonyl (C=O) groups is 1. The Morgan fingerprint density at radius 3 is 2.80 bits per heavy atom. The van der Waals surface area contributed by atoms with Crippen LogP contribution in [0.2, 0.25) is 0 Å². The number of H-pyrrole nitrogens is 1. The lowest BCUT2D eigenvalue weighted by atomic mass is 10.2. The molecule has 7 heteroatoms. The van der Waals surface area contributed by atoms with Gasteiger partial charge in [-0.15, -0.1) is 11.8 Å². The molecule has 0 aliphatic carbocycles. The SMILES string of the molecule is CN(Cc1ncn[nH]1)C(=O)CSCc1ccc(F)cc1. The van der Waals surface area contributed by atoms with E-state index in [1.165, 1.54) is 30.2 Å². The maximum atomic E-state index is 12.7. The standard InChI is InChI=1S/C13H15FN4OS/c1-18(6-12-15-9-16-17-12)13(19)8-20-7-10-2-4-11(14)5-3-10/h2-5,9H,6-8H2,1H3,(H,15,16,17). The van der Waals surface area contributed by atoms with E-state index in [9.17, 15) is 9.18 Å². The number of rotatable bonds is 6. The summed E-state index contributed by atoms with van der Waals surface area (Å²) in [4.78, 5) is 17.5. The van der Waals surface area contributed by atoms with Gasteiger partial charge >= 0.3 is 0 Å². The highest BCUT2D eigenvalue weighted by molar-refractivity contribution is 7.99. The number of amides is 1. The molecule has 5 nitrogen and oxygen atoms in total. The lowest BCUT2D eigenvalue weighted by molar-refractivity contribution is -0.127. The predicted molar refractivity (Wildman–Crippen MR) is 75.4 cm³/mol. The van der Waals surface area contributed by atoms with Crippen LogP contribution < -0.4 is 0 Å². The summed E-state index contributed by atoms with van der Waals surface area (Å²) in [6.45, 7) is 0.413. The molecule has 0 saturated carbocycles. The van der Waals surface area contributed by atoms with Crippen molar-refractivity contribution in [2.24, 2.45) is 0 Å². The highest BCUT2D eigenvalue weighted by Gasteiger charge is 2.10. The summed E-state index contributed by atoms with van der Waals surface area (Å²) in [5.41, 5.74) is 1.00. The summed E-state index contributed by atoms with van der Waals surface area (Å²) in [5.74, 6) is 1.49. The summed E-state index contributed by atoms with van der Waals surface area (Å²) < 4.78 is 12.7. The van der Waals surface area contributed by atoms with Crippen LogP contribution in [0.25, 0.3) is 0 Å². The molecule has 0 fully saturated rings. The quantitative estimate of drug-likeness (QED) is 0.883. The minimum atomic E-state index is -0.249. The molecule has 0 radical (unpaired) electrons. The number of aromatic nitrogens is 3. The minimum absolute atomic E-state index is 0.0218. The number of nitrogens with one attached hydrogen (secondary N) is 1. The van der Waals surface area contributed by atoms with E-state index >= 15 is 0 Å². The van der Waals surface area contributed by atoms with Crippen LogP contribution in [0.4, 0.5) is 4.39 Å². The van der Waals surface area contributed by atoms with Gasteiger partial charge in [0.2, 0.25) is 5.91 Å². The van der Waals surface area contributed by atoms with E-state index in [2.05, 4.69) is 15.2 Å². The molecule has 0 aliphatic rings. The van der Waals surface area contributed by atoms with Gasteiger partial charge in [0.15, 0.2) is 0 Å². The van der Waals surface area contributed by atoms with Gasteiger partial charge in [0.1, 0.15) is 18.0 Å².